The van der Waals surface area contributed by atoms with E-state index >= 15 is 0 Å². The first kappa shape index (κ1) is 19.8. The van der Waals surface area contributed by atoms with E-state index in [1.807, 2.05) is 65.2 Å². The molecule has 0 aliphatic rings. The van der Waals surface area contributed by atoms with Crippen molar-refractivity contribution in [1.29, 1.82) is 0 Å². The van der Waals surface area contributed by atoms with Gasteiger partial charge in [-0.1, -0.05) is 54.6 Å². The zero-order valence-corrected chi connectivity index (χ0v) is 17.2. The number of halogens is 1. The molecule has 5 heteroatoms. The van der Waals surface area contributed by atoms with E-state index in [-0.39, 0.29) is 0 Å². The van der Waals surface area contributed by atoms with Crippen LogP contribution in [-0.4, -0.2) is 10.5 Å². The van der Waals surface area contributed by atoms with Gasteiger partial charge in [0.25, 0.3) is 0 Å². The maximum atomic E-state index is 14.1. The number of amides is 1. The van der Waals surface area contributed by atoms with Crippen molar-refractivity contribution in [3.8, 4) is 5.75 Å². The summed E-state index contributed by atoms with van der Waals surface area (Å²) in [5.41, 5.74) is 9.57. The number of benzene rings is 4. The van der Waals surface area contributed by atoms with E-state index in [9.17, 15) is 9.18 Å². The number of rotatable bonds is 6. The van der Waals surface area contributed by atoms with Crippen LogP contribution >= 0.6 is 0 Å². The van der Waals surface area contributed by atoms with Gasteiger partial charge >= 0.3 is 0 Å². The molecule has 1 radical (unpaired) electrons. The molecule has 0 unspecified atom stereocenters. The second kappa shape index (κ2) is 8.19. The molecule has 0 atom stereocenters. The van der Waals surface area contributed by atoms with Crippen molar-refractivity contribution >= 4 is 27.7 Å². The molecule has 32 heavy (non-hydrogen) atoms. The van der Waals surface area contributed by atoms with E-state index in [2.05, 4.69) is 6.07 Å². The molecule has 0 saturated heterocycles. The van der Waals surface area contributed by atoms with E-state index in [1.54, 1.807) is 18.2 Å². The van der Waals surface area contributed by atoms with E-state index in [1.165, 1.54) is 6.07 Å². The van der Waals surface area contributed by atoms with Gasteiger partial charge in [0.2, 0.25) is 5.91 Å². The fourth-order valence-corrected chi connectivity index (χ4v) is 4.09. The smallest absolute Gasteiger partial charge is 0.249 e. The van der Waals surface area contributed by atoms with Gasteiger partial charge in [-0.15, -0.1) is 0 Å². The van der Waals surface area contributed by atoms with Gasteiger partial charge in [0.1, 0.15) is 18.2 Å². The zero-order valence-electron chi connectivity index (χ0n) is 17.2. The first-order valence-corrected chi connectivity index (χ1v) is 10.3. The van der Waals surface area contributed by atoms with Gasteiger partial charge in [-0.2, -0.15) is 0 Å². The van der Waals surface area contributed by atoms with Crippen LogP contribution in [0.5, 0.6) is 5.75 Å². The molecule has 1 aromatic heterocycles. The number of carbonyl (C=O) groups excluding carboxylic acids is 1. The van der Waals surface area contributed by atoms with E-state index in [4.69, 9.17) is 10.5 Å². The molecule has 1 amide bonds. The summed E-state index contributed by atoms with van der Waals surface area (Å²) >= 11 is 0. The topological polar surface area (TPSA) is 57.2 Å². The minimum atomic E-state index is -0.557. The number of hydrogen-bond acceptors (Lipinski definition) is 2. The average Bonchev–Trinajstić information content (AvgIpc) is 3.12. The maximum absolute atomic E-state index is 14.1. The third-order valence-corrected chi connectivity index (χ3v) is 5.57. The Morgan fingerprint density at radius 3 is 2.50 bits per heavy atom. The Bertz CT molecular complexity index is 1440. The third-order valence-electron chi connectivity index (χ3n) is 5.57. The zero-order chi connectivity index (χ0) is 22.1. The van der Waals surface area contributed by atoms with Gasteiger partial charge in [-0.3, -0.25) is 4.79 Å². The predicted molar refractivity (Wildman–Crippen MR) is 123 cm³/mol. The highest BCUT2D eigenvalue weighted by atomic mass is 19.1. The Kier molecular flexibility index (Phi) is 5.07. The summed E-state index contributed by atoms with van der Waals surface area (Å²) in [6.07, 6.45) is 0. The van der Waals surface area contributed by atoms with Gasteiger partial charge in [0, 0.05) is 28.0 Å². The molecule has 2 N–H and O–H groups in total. The molecule has 0 spiro atoms. The fraction of sp³-hybridized carbons (Fsp3) is 0.0741. The summed E-state index contributed by atoms with van der Waals surface area (Å²) in [5.74, 6) is -0.273. The standard InChI is InChI=1S/C27H20FN2O2/c28-20-13-14-23-22(15-20)26-21(27(29)31)10-6-11-24(26)30(23)16-19-9-4-5-12-25(19)32-17-18-7-2-1-3-8-18/h1-14H,16-17H2,(H2,29,31). The molecule has 0 aliphatic heterocycles. The van der Waals surface area contributed by atoms with Gasteiger partial charge in [-0.25, -0.2) is 4.39 Å². The number of para-hydroxylation sites is 1. The molecule has 0 fully saturated rings. The van der Waals surface area contributed by atoms with Crippen molar-refractivity contribution in [3.05, 3.63) is 114 Å². The summed E-state index contributed by atoms with van der Waals surface area (Å²) in [7, 11) is 0. The van der Waals surface area contributed by atoms with Gasteiger partial charge in [0.15, 0.2) is 0 Å². The number of fused-ring (bicyclic) bond motifs is 3. The fourth-order valence-electron chi connectivity index (χ4n) is 4.09. The van der Waals surface area contributed by atoms with E-state index in [0.29, 0.717) is 29.5 Å². The summed E-state index contributed by atoms with van der Waals surface area (Å²) in [4.78, 5) is 12.1. The average molecular weight is 423 g/mol. The second-order valence-electron chi connectivity index (χ2n) is 7.60. The van der Waals surface area contributed by atoms with Crippen LogP contribution in [-0.2, 0) is 13.2 Å². The minimum Gasteiger partial charge on any atom is -0.489 e. The molecule has 5 rings (SSSR count). The number of primary amides is 1. The van der Waals surface area contributed by atoms with Crippen molar-refractivity contribution in [3.63, 3.8) is 0 Å². The Balaban J connectivity index is 1.61. The Labute approximate surface area is 184 Å². The van der Waals surface area contributed by atoms with Crippen LogP contribution in [0.4, 0.5) is 4.39 Å². The Morgan fingerprint density at radius 2 is 1.69 bits per heavy atom. The van der Waals surface area contributed by atoms with Crippen LogP contribution in [0.25, 0.3) is 21.8 Å². The van der Waals surface area contributed by atoms with Gasteiger partial charge < -0.3 is 15.0 Å². The summed E-state index contributed by atoms with van der Waals surface area (Å²) in [6, 6.07) is 29.0. The lowest BCUT2D eigenvalue weighted by atomic mass is 10.1. The normalized spacial score (nSPS) is 11.2. The summed E-state index contributed by atoms with van der Waals surface area (Å²) < 4.78 is 22.2. The first-order valence-electron chi connectivity index (χ1n) is 10.3. The van der Waals surface area contributed by atoms with Crippen molar-refractivity contribution in [1.82, 2.24) is 4.57 Å². The first-order chi connectivity index (χ1) is 15.6. The highest BCUT2D eigenvalue weighted by Crippen LogP contribution is 2.33. The highest BCUT2D eigenvalue weighted by molar-refractivity contribution is 6.17. The molecule has 157 valence electrons. The lowest BCUT2D eigenvalue weighted by molar-refractivity contribution is 0.100. The molecule has 4 aromatic carbocycles. The van der Waals surface area contributed by atoms with Crippen LogP contribution < -0.4 is 10.5 Å². The van der Waals surface area contributed by atoms with Crippen molar-refractivity contribution in [2.75, 3.05) is 0 Å². The lowest BCUT2D eigenvalue weighted by Crippen LogP contribution is -2.11. The number of nitrogens with zero attached hydrogens (tertiary/aromatic N) is 1. The molecule has 4 nitrogen and oxygen atoms in total. The molecule has 1 heterocycles. The Morgan fingerprint density at radius 1 is 0.906 bits per heavy atom. The predicted octanol–water partition coefficient (Wildman–Crippen LogP) is 5.46. The molecule has 0 saturated carbocycles. The highest BCUT2D eigenvalue weighted by Gasteiger charge is 2.18. The molecule has 0 bridgehead atoms. The van der Waals surface area contributed by atoms with E-state index in [0.717, 1.165) is 27.9 Å². The monoisotopic (exact) mass is 423 g/mol. The third kappa shape index (κ3) is 3.58. The van der Waals surface area contributed by atoms with Crippen LogP contribution in [0, 0.1) is 11.9 Å². The number of aromatic nitrogens is 1. The van der Waals surface area contributed by atoms with Crippen LogP contribution in [0.3, 0.4) is 0 Å². The van der Waals surface area contributed by atoms with Crippen LogP contribution in [0.2, 0.25) is 0 Å². The van der Waals surface area contributed by atoms with Crippen molar-refractivity contribution in [2.24, 2.45) is 5.73 Å². The lowest BCUT2D eigenvalue weighted by Gasteiger charge is -2.14. The molecular formula is C27H20FN2O2. The minimum absolute atomic E-state index is 0.349. The Hall–Kier alpha value is -4.12. The van der Waals surface area contributed by atoms with Crippen molar-refractivity contribution < 1.29 is 13.9 Å². The van der Waals surface area contributed by atoms with Gasteiger partial charge in [-0.05, 0) is 35.9 Å². The largest absolute Gasteiger partial charge is 0.489 e. The van der Waals surface area contributed by atoms with E-state index < -0.39 is 11.7 Å². The maximum Gasteiger partial charge on any atom is 0.249 e. The quantitative estimate of drug-likeness (QED) is 0.394. The molecular weight excluding hydrogens is 403 g/mol. The summed E-state index contributed by atoms with van der Waals surface area (Å²) in [6.45, 7) is 0.933. The number of ether oxygens (including phenoxy) is 1. The second-order valence-corrected chi connectivity index (χ2v) is 7.60. The van der Waals surface area contributed by atoms with Crippen molar-refractivity contribution in [2.45, 2.75) is 13.2 Å². The molecule has 0 aliphatic carbocycles. The summed E-state index contributed by atoms with van der Waals surface area (Å²) in [5, 5.41) is 1.15. The number of carbonyl (C=O) groups is 1. The SMILES string of the molecule is NC(=O)c1cccc2c1c1[c]c(F)ccc1n2Cc1ccccc1OCc1ccccc1. The molecule has 5 aromatic rings. The number of nitrogens with two attached hydrogens (primary N) is 1. The van der Waals surface area contributed by atoms with Gasteiger partial charge in [0.05, 0.1) is 17.6 Å². The van der Waals surface area contributed by atoms with Crippen LogP contribution in [0.1, 0.15) is 21.5 Å². The number of hydrogen-bond donors (Lipinski definition) is 1. The van der Waals surface area contributed by atoms with Crippen LogP contribution in [0.15, 0.2) is 84.9 Å².